The SMILES string of the molecule is COc1cccc(Oc2cc(OC)ccc2OC)c1. The molecule has 2 rings (SSSR count). The maximum absolute atomic E-state index is 5.80. The van der Waals surface area contributed by atoms with E-state index in [0.29, 0.717) is 23.0 Å². The summed E-state index contributed by atoms with van der Waals surface area (Å²) < 4.78 is 21.4. The molecule has 2 aromatic carbocycles. The van der Waals surface area contributed by atoms with Crippen molar-refractivity contribution >= 4 is 0 Å². The van der Waals surface area contributed by atoms with Gasteiger partial charge in [-0.2, -0.15) is 0 Å². The van der Waals surface area contributed by atoms with Gasteiger partial charge in [-0.25, -0.2) is 0 Å². The summed E-state index contributed by atoms with van der Waals surface area (Å²) in [5.41, 5.74) is 0. The van der Waals surface area contributed by atoms with E-state index in [1.165, 1.54) is 0 Å². The summed E-state index contributed by atoms with van der Waals surface area (Å²) in [6, 6.07) is 12.8. The van der Waals surface area contributed by atoms with Crippen LogP contribution in [0.3, 0.4) is 0 Å². The van der Waals surface area contributed by atoms with E-state index in [-0.39, 0.29) is 0 Å². The van der Waals surface area contributed by atoms with Crippen molar-refractivity contribution in [3.05, 3.63) is 42.5 Å². The Morgan fingerprint density at radius 1 is 0.632 bits per heavy atom. The Kier molecular flexibility index (Phi) is 4.13. The fraction of sp³-hybridized carbons (Fsp3) is 0.200. The zero-order chi connectivity index (χ0) is 13.7. The lowest BCUT2D eigenvalue weighted by atomic mass is 10.3. The van der Waals surface area contributed by atoms with Gasteiger partial charge in [0, 0.05) is 12.1 Å². The topological polar surface area (TPSA) is 36.9 Å². The fourth-order valence-electron chi connectivity index (χ4n) is 1.66. The molecule has 0 spiro atoms. The van der Waals surface area contributed by atoms with Gasteiger partial charge in [0.15, 0.2) is 11.5 Å². The van der Waals surface area contributed by atoms with Gasteiger partial charge < -0.3 is 18.9 Å². The molecule has 0 heterocycles. The summed E-state index contributed by atoms with van der Waals surface area (Å²) in [6.07, 6.45) is 0. The zero-order valence-corrected chi connectivity index (χ0v) is 11.2. The number of ether oxygens (including phenoxy) is 4. The summed E-state index contributed by atoms with van der Waals surface area (Å²) in [5.74, 6) is 3.35. The van der Waals surface area contributed by atoms with Crippen LogP contribution in [0.5, 0.6) is 28.7 Å². The third kappa shape index (κ3) is 3.10. The Morgan fingerprint density at radius 2 is 1.32 bits per heavy atom. The number of benzene rings is 2. The highest BCUT2D eigenvalue weighted by Crippen LogP contribution is 2.35. The van der Waals surface area contributed by atoms with E-state index in [2.05, 4.69) is 0 Å². The van der Waals surface area contributed by atoms with Crippen molar-refractivity contribution in [1.29, 1.82) is 0 Å². The highest BCUT2D eigenvalue weighted by atomic mass is 16.5. The van der Waals surface area contributed by atoms with Crippen LogP contribution in [0.25, 0.3) is 0 Å². The van der Waals surface area contributed by atoms with Gasteiger partial charge in [-0.15, -0.1) is 0 Å². The van der Waals surface area contributed by atoms with Crippen molar-refractivity contribution < 1.29 is 18.9 Å². The second-order valence-corrected chi connectivity index (χ2v) is 3.80. The van der Waals surface area contributed by atoms with E-state index in [1.54, 1.807) is 39.5 Å². The van der Waals surface area contributed by atoms with Crippen molar-refractivity contribution in [2.45, 2.75) is 0 Å². The normalized spacial score (nSPS) is 9.84. The minimum absolute atomic E-state index is 0.593. The van der Waals surface area contributed by atoms with Crippen LogP contribution in [-0.2, 0) is 0 Å². The molecule has 0 N–H and O–H groups in total. The monoisotopic (exact) mass is 260 g/mol. The molecule has 0 aliphatic heterocycles. The van der Waals surface area contributed by atoms with Gasteiger partial charge in [-0.1, -0.05) is 6.07 Å². The largest absolute Gasteiger partial charge is 0.497 e. The molecule has 0 aliphatic carbocycles. The smallest absolute Gasteiger partial charge is 0.172 e. The molecule has 0 atom stereocenters. The van der Waals surface area contributed by atoms with Crippen molar-refractivity contribution in [3.63, 3.8) is 0 Å². The first kappa shape index (κ1) is 13.1. The van der Waals surface area contributed by atoms with E-state index in [0.717, 1.165) is 5.75 Å². The van der Waals surface area contributed by atoms with Crippen LogP contribution in [0.4, 0.5) is 0 Å². The first-order chi connectivity index (χ1) is 9.26. The van der Waals surface area contributed by atoms with Gasteiger partial charge in [0.2, 0.25) is 0 Å². The van der Waals surface area contributed by atoms with E-state index in [1.807, 2.05) is 24.3 Å². The third-order valence-corrected chi connectivity index (χ3v) is 2.64. The van der Waals surface area contributed by atoms with Gasteiger partial charge in [0.05, 0.1) is 21.3 Å². The van der Waals surface area contributed by atoms with Crippen LogP contribution in [0.15, 0.2) is 42.5 Å². The molecule has 100 valence electrons. The number of methoxy groups -OCH3 is 3. The molecule has 0 saturated heterocycles. The molecule has 19 heavy (non-hydrogen) atoms. The van der Waals surface area contributed by atoms with Crippen LogP contribution < -0.4 is 18.9 Å². The van der Waals surface area contributed by atoms with Crippen LogP contribution in [-0.4, -0.2) is 21.3 Å². The molecule has 0 amide bonds. The Hall–Kier alpha value is -2.36. The predicted molar refractivity (Wildman–Crippen MR) is 72.6 cm³/mol. The molecule has 4 nitrogen and oxygen atoms in total. The van der Waals surface area contributed by atoms with E-state index in [9.17, 15) is 0 Å². The maximum Gasteiger partial charge on any atom is 0.172 e. The predicted octanol–water partition coefficient (Wildman–Crippen LogP) is 3.50. The molecular formula is C15H16O4. The Morgan fingerprint density at radius 3 is 2.00 bits per heavy atom. The summed E-state index contributed by atoms with van der Waals surface area (Å²) in [5, 5.41) is 0. The van der Waals surface area contributed by atoms with Crippen LogP contribution in [0.2, 0.25) is 0 Å². The second-order valence-electron chi connectivity index (χ2n) is 3.80. The standard InChI is InChI=1S/C15H16O4/c1-16-11-5-4-6-13(9-11)19-15-10-12(17-2)7-8-14(15)18-3/h4-10H,1-3H3. The highest BCUT2D eigenvalue weighted by Gasteiger charge is 2.08. The molecule has 0 bridgehead atoms. The van der Waals surface area contributed by atoms with Crippen molar-refractivity contribution in [3.8, 4) is 28.7 Å². The first-order valence-corrected chi connectivity index (χ1v) is 5.80. The summed E-state index contributed by atoms with van der Waals surface area (Å²) in [7, 11) is 4.82. The lowest BCUT2D eigenvalue weighted by Crippen LogP contribution is -1.92. The number of rotatable bonds is 5. The second kappa shape index (κ2) is 6.00. The van der Waals surface area contributed by atoms with Crippen LogP contribution in [0.1, 0.15) is 0 Å². The lowest BCUT2D eigenvalue weighted by molar-refractivity contribution is 0.369. The number of hydrogen-bond acceptors (Lipinski definition) is 4. The molecule has 2 aromatic rings. The summed E-state index contributed by atoms with van der Waals surface area (Å²) in [6.45, 7) is 0. The molecular weight excluding hydrogens is 244 g/mol. The maximum atomic E-state index is 5.80. The van der Waals surface area contributed by atoms with Crippen molar-refractivity contribution in [2.75, 3.05) is 21.3 Å². The van der Waals surface area contributed by atoms with Crippen LogP contribution in [0, 0.1) is 0 Å². The van der Waals surface area contributed by atoms with E-state index in [4.69, 9.17) is 18.9 Å². The Balaban J connectivity index is 2.30. The minimum atomic E-state index is 0.593. The summed E-state index contributed by atoms with van der Waals surface area (Å²) >= 11 is 0. The molecule has 0 aliphatic rings. The molecule has 0 fully saturated rings. The van der Waals surface area contributed by atoms with E-state index < -0.39 is 0 Å². The van der Waals surface area contributed by atoms with Crippen LogP contribution >= 0.6 is 0 Å². The van der Waals surface area contributed by atoms with Gasteiger partial charge in [-0.3, -0.25) is 0 Å². The average Bonchev–Trinajstić information content (AvgIpc) is 2.47. The van der Waals surface area contributed by atoms with Gasteiger partial charge in [0.1, 0.15) is 17.2 Å². The fourth-order valence-corrected chi connectivity index (χ4v) is 1.66. The highest BCUT2D eigenvalue weighted by molar-refractivity contribution is 5.48. The Labute approximate surface area is 112 Å². The lowest BCUT2D eigenvalue weighted by Gasteiger charge is -2.12. The quantitative estimate of drug-likeness (QED) is 0.824. The minimum Gasteiger partial charge on any atom is -0.497 e. The van der Waals surface area contributed by atoms with Gasteiger partial charge in [0.25, 0.3) is 0 Å². The molecule has 4 heteroatoms. The zero-order valence-electron chi connectivity index (χ0n) is 11.2. The Bertz CT molecular complexity index is 552. The molecule has 0 unspecified atom stereocenters. The van der Waals surface area contributed by atoms with Gasteiger partial charge >= 0.3 is 0 Å². The third-order valence-electron chi connectivity index (χ3n) is 2.64. The van der Waals surface area contributed by atoms with Crippen molar-refractivity contribution in [2.24, 2.45) is 0 Å². The van der Waals surface area contributed by atoms with Gasteiger partial charge in [-0.05, 0) is 24.3 Å². The first-order valence-electron chi connectivity index (χ1n) is 5.80. The van der Waals surface area contributed by atoms with E-state index >= 15 is 0 Å². The average molecular weight is 260 g/mol. The molecule has 0 saturated carbocycles. The summed E-state index contributed by atoms with van der Waals surface area (Å²) in [4.78, 5) is 0. The molecule has 0 radical (unpaired) electrons. The number of hydrogen-bond donors (Lipinski definition) is 0. The molecule has 0 aromatic heterocycles. The van der Waals surface area contributed by atoms with Crippen molar-refractivity contribution in [1.82, 2.24) is 0 Å².